The van der Waals surface area contributed by atoms with Gasteiger partial charge >= 0.3 is 6.18 Å². The summed E-state index contributed by atoms with van der Waals surface area (Å²) in [6, 6.07) is 4.08. The Morgan fingerprint density at radius 1 is 1.37 bits per heavy atom. The molecule has 0 unspecified atom stereocenters. The maximum absolute atomic E-state index is 12.9. The zero-order valence-electron chi connectivity index (χ0n) is 9.80. The Hall–Kier alpha value is -1.01. The highest BCUT2D eigenvalue weighted by Gasteiger charge is 2.33. The molecule has 0 fully saturated rings. The van der Waals surface area contributed by atoms with Gasteiger partial charge in [-0.2, -0.15) is 18.3 Å². The van der Waals surface area contributed by atoms with Crippen LogP contribution < -0.4 is 0 Å². The van der Waals surface area contributed by atoms with Gasteiger partial charge in [0.05, 0.1) is 22.0 Å². The maximum atomic E-state index is 12.9. The van der Waals surface area contributed by atoms with E-state index in [-0.39, 0.29) is 10.9 Å². The molecule has 19 heavy (non-hydrogen) atoms. The van der Waals surface area contributed by atoms with E-state index in [1.807, 2.05) is 0 Å². The van der Waals surface area contributed by atoms with E-state index in [9.17, 15) is 13.2 Å². The third-order valence-corrected chi connectivity index (χ3v) is 3.62. The van der Waals surface area contributed by atoms with Crippen molar-refractivity contribution in [3.63, 3.8) is 0 Å². The first-order valence-electron chi connectivity index (χ1n) is 5.31. The van der Waals surface area contributed by atoms with Gasteiger partial charge < -0.3 is 0 Å². The topological polar surface area (TPSA) is 17.8 Å². The van der Waals surface area contributed by atoms with Crippen LogP contribution >= 0.6 is 27.5 Å². The summed E-state index contributed by atoms with van der Waals surface area (Å²) < 4.78 is 40.2. The number of aryl methyl sites for hydroxylation is 1. The standard InChI is InChI=1S/C12H9BrClF3N2/c1-7-11(14)6-19(18-7)9-3-2-8(5-13)10(4-9)12(15,16)17/h2-4,6H,5H2,1H3. The molecule has 0 bridgehead atoms. The van der Waals surface area contributed by atoms with Crippen molar-refractivity contribution in [2.75, 3.05) is 0 Å². The minimum atomic E-state index is -4.40. The molecular weight excluding hydrogens is 344 g/mol. The van der Waals surface area contributed by atoms with Crippen molar-refractivity contribution in [3.05, 3.63) is 46.2 Å². The van der Waals surface area contributed by atoms with Gasteiger partial charge in [-0.05, 0) is 24.6 Å². The molecular formula is C12H9BrClF3N2. The summed E-state index contributed by atoms with van der Waals surface area (Å²) in [5.74, 6) is 0. The number of alkyl halides is 4. The first kappa shape index (κ1) is 14.4. The smallest absolute Gasteiger partial charge is 0.239 e. The lowest BCUT2D eigenvalue weighted by Gasteiger charge is -2.13. The van der Waals surface area contributed by atoms with Gasteiger partial charge in [-0.3, -0.25) is 0 Å². The number of hydrogen-bond donors (Lipinski definition) is 0. The van der Waals surface area contributed by atoms with Gasteiger partial charge in [-0.25, -0.2) is 4.68 Å². The van der Waals surface area contributed by atoms with Gasteiger partial charge in [0.1, 0.15) is 0 Å². The lowest BCUT2D eigenvalue weighted by atomic mass is 10.1. The van der Waals surface area contributed by atoms with Crippen LogP contribution in [0.25, 0.3) is 5.69 Å². The van der Waals surface area contributed by atoms with Gasteiger partial charge in [0.2, 0.25) is 0 Å². The Labute approximate surface area is 121 Å². The van der Waals surface area contributed by atoms with E-state index >= 15 is 0 Å². The molecule has 0 aliphatic rings. The Kier molecular flexibility index (Phi) is 3.92. The van der Waals surface area contributed by atoms with Crippen molar-refractivity contribution in [1.29, 1.82) is 0 Å². The van der Waals surface area contributed by atoms with Gasteiger partial charge in [-0.1, -0.05) is 33.6 Å². The number of aromatic nitrogens is 2. The number of nitrogens with zero attached hydrogens (tertiary/aromatic N) is 2. The molecule has 0 amide bonds. The molecule has 1 aromatic heterocycles. The number of rotatable bonds is 2. The first-order valence-corrected chi connectivity index (χ1v) is 6.81. The van der Waals surface area contributed by atoms with Crippen LogP contribution in [0.4, 0.5) is 13.2 Å². The predicted octanol–water partition coefficient (Wildman–Crippen LogP) is 4.75. The van der Waals surface area contributed by atoms with E-state index in [1.54, 1.807) is 13.0 Å². The second-order valence-electron chi connectivity index (χ2n) is 3.98. The molecule has 0 aliphatic carbocycles. The van der Waals surface area contributed by atoms with Crippen LogP contribution in [0, 0.1) is 6.92 Å². The Bertz CT molecular complexity index is 588. The van der Waals surface area contributed by atoms with Crippen molar-refractivity contribution in [2.45, 2.75) is 18.4 Å². The highest BCUT2D eigenvalue weighted by Crippen LogP contribution is 2.34. The fourth-order valence-corrected chi connectivity index (χ4v) is 2.28. The van der Waals surface area contributed by atoms with Gasteiger partial charge in [0, 0.05) is 11.5 Å². The molecule has 0 spiro atoms. The lowest BCUT2D eigenvalue weighted by molar-refractivity contribution is -0.138. The third-order valence-electron chi connectivity index (χ3n) is 2.65. The van der Waals surface area contributed by atoms with Crippen LogP contribution in [0.3, 0.4) is 0 Å². The molecule has 0 aliphatic heterocycles. The van der Waals surface area contributed by atoms with Crippen molar-refractivity contribution < 1.29 is 13.2 Å². The van der Waals surface area contributed by atoms with Gasteiger partial charge in [0.25, 0.3) is 0 Å². The zero-order chi connectivity index (χ0) is 14.2. The average Bonchev–Trinajstić information content (AvgIpc) is 2.68. The quantitative estimate of drug-likeness (QED) is 0.713. The Morgan fingerprint density at radius 3 is 2.53 bits per heavy atom. The molecule has 7 heteroatoms. The van der Waals surface area contributed by atoms with Crippen molar-refractivity contribution in [3.8, 4) is 5.69 Å². The minimum Gasteiger partial charge on any atom is -0.239 e. The number of benzene rings is 1. The molecule has 0 N–H and O–H groups in total. The van der Waals surface area contributed by atoms with E-state index < -0.39 is 11.7 Å². The highest BCUT2D eigenvalue weighted by atomic mass is 79.9. The minimum absolute atomic E-state index is 0.140. The van der Waals surface area contributed by atoms with Crippen LogP contribution in [-0.2, 0) is 11.5 Å². The van der Waals surface area contributed by atoms with Crippen LogP contribution in [0.1, 0.15) is 16.8 Å². The molecule has 2 aromatic rings. The Balaban J connectivity index is 2.55. The molecule has 2 nitrogen and oxygen atoms in total. The van der Waals surface area contributed by atoms with Crippen LogP contribution in [-0.4, -0.2) is 9.78 Å². The largest absolute Gasteiger partial charge is 0.416 e. The monoisotopic (exact) mass is 352 g/mol. The van der Waals surface area contributed by atoms with E-state index in [0.29, 0.717) is 16.4 Å². The molecule has 0 saturated heterocycles. The van der Waals surface area contributed by atoms with Crippen LogP contribution in [0.15, 0.2) is 24.4 Å². The summed E-state index contributed by atoms with van der Waals surface area (Å²) in [7, 11) is 0. The average molecular weight is 354 g/mol. The summed E-state index contributed by atoms with van der Waals surface area (Å²) in [6.45, 7) is 1.69. The molecule has 2 rings (SSSR count). The second-order valence-corrected chi connectivity index (χ2v) is 4.95. The van der Waals surface area contributed by atoms with E-state index in [4.69, 9.17) is 11.6 Å². The summed E-state index contributed by atoms with van der Waals surface area (Å²) in [5.41, 5.74) is 0.407. The molecule has 1 heterocycles. The SMILES string of the molecule is Cc1nn(-c2ccc(CBr)c(C(F)(F)F)c2)cc1Cl. The molecule has 0 radical (unpaired) electrons. The maximum Gasteiger partial charge on any atom is 0.416 e. The van der Waals surface area contributed by atoms with Crippen molar-refractivity contribution in [2.24, 2.45) is 0 Å². The summed E-state index contributed by atoms with van der Waals surface area (Å²) in [5, 5.41) is 4.62. The first-order chi connectivity index (χ1) is 8.82. The number of halogens is 5. The van der Waals surface area contributed by atoms with Crippen LogP contribution in [0.2, 0.25) is 5.02 Å². The number of hydrogen-bond acceptors (Lipinski definition) is 1. The van der Waals surface area contributed by atoms with E-state index in [1.165, 1.54) is 16.9 Å². The Morgan fingerprint density at radius 2 is 2.05 bits per heavy atom. The van der Waals surface area contributed by atoms with E-state index in [0.717, 1.165) is 6.07 Å². The highest BCUT2D eigenvalue weighted by molar-refractivity contribution is 9.08. The van der Waals surface area contributed by atoms with Gasteiger partial charge in [0.15, 0.2) is 0 Å². The molecule has 0 atom stereocenters. The fraction of sp³-hybridized carbons (Fsp3) is 0.250. The third kappa shape index (κ3) is 2.95. The summed E-state index contributed by atoms with van der Waals surface area (Å²) >= 11 is 8.91. The van der Waals surface area contributed by atoms with E-state index in [2.05, 4.69) is 21.0 Å². The fourth-order valence-electron chi connectivity index (χ4n) is 1.66. The summed E-state index contributed by atoms with van der Waals surface area (Å²) in [4.78, 5) is 0. The van der Waals surface area contributed by atoms with Crippen LogP contribution in [0.5, 0.6) is 0 Å². The molecule has 1 aromatic carbocycles. The molecule has 0 saturated carbocycles. The zero-order valence-corrected chi connectivity index (χ0v) is 12.1. The van der Waals surface area contributed by atoms with Crippen molar-refractivity contribution in [1.82, 2.24) is 9.78 Å². The molecule has 102 valence electrons. The predicted molar refractivity (Wildman–Crippen MR) is 70.9 cm³/mol. The normalized spacial score (nSPS) is 11.9. The van der Waals surface area contributed by atoms with Gasteiger partial charge in [-0.15, -0.1) is 0 Å². The van der Waals surface area contributed by atoms with Crippen molar-refractivity contribution >= 4 is 27.5 Å². The lowest BCUT2D eigenvalue weighted by Crippen LogP contribution is -2.10. The summed E-state index contributed by atoms with van der Waals surface area (Å²) in [6.07, 6.45) is -2.91. The second kappa shape index (κ2) is 5.17.